The molecule has 41 heavy (non-hydrogen) atoms. The molecule has 6 aliphatic rings. The predicted molar refractivity (Wildman–Crippen MR) is 159 cm³/mol. The van der Waals surface area contributed by atoms with Gasteiger partial charge in [-0.1, -0.05) is 63.6 Å². The number of aliphatic hydroxyl groups is 1. The molecule has 1 heterocycles. The summed E-state index contributed by atoms with van der Waals surface area (Å²) in [7, 11) is 0. The highest BCUT2D eigenvalue weighted by molar-refractivity contribution is 5.91. The molecular formula is C36H49NO4. The Morgan fingerprint density at radius 1 is 1.12 bits per heavy atom. The minimum atomic E-state index is -0.522. The zero-order valence-electron chi connectivity index (χ0n) is 25.5. The van der Waals surface area contributed by atoms with Crippen molar-refractivity contribution in [3.8, 4) is 0 Å². The normalized spacial score (nSPS) is 45.5. The quantitative estimate of drug-likeness (QED) is 0.424. The average Bonchev–Trinajstić information content (AvgIpc) is 3.44. The second-order valence-electron chi connectivity index (χ2n) is 15.6. The lowest BCUT2D eigenvalue weighted by Crippen LogP contribution is -2.58. The maximum Gasteiger partial charge on any atom is 0.410 e. The standard InChI is InChI=1S/C36H49NO4/c1-22-16-31(39)32(37(19-22)33(40)41-20-24-8-6-5-7-9-24)23(2)28-12-13-29-27-11-10-25-17-26(38)14-15-34(25,3)30(27)18-36(29)21-35(28,36)4/h5-9,17,22-23,27-32,39H,10-16,18-21H2,1-4H3/t22-,23-,27-,28-,29-,30-,31+,32-,34-,35-,36+/m0/s1. The Hall–Kier alpha value is -2.14. The molecule has 5 heteroatoms. The lowest BCUT2D eigenvalue weighted by atomic mass is 9.56. The van der Waals surface area contributed by atoms with Gasteiger partial charge in [0.15, 0.2) is 5.78 Å². The van der Waals surface area contributed by atoms with Crippen LogP contribution in [0.4, 0.5) is 4.79 Å². The summed E-state index contributed by atoms with van der Waals surface area (Å²) in [4.78, 5) is 27.7. The number of ether oxygens (including phenoxy) is 1. The summed E-state index contributed by atoms with van der Waals surface area (Å²) >= 11 is 0. The van der Waals surface area contributed by atoms with E-state index in [1.807, 2.05) is 41.3 Å². The molecule has 5 nitrogen and oxygen atoms in total. The summed E-state index contributed by atoms with van der Waals surface area (Å²) in [6, 6.07) is 9.66. The summed E-state index contributed by atoms with van der Waals surface area (Å²) < 4.78 is 5.84. The lowest BCUT2D eigenvalue weighted by Gasteiger charge is -2.50. The molecule has 1 spiro atoms. The topological polar surface area (TPSA) is 66.8 Å². The maximum atomic E-state index is 13.5. The number of hydrogen-bond donors (Lipinski definition) is 1. The molecule has 0 radical (unpaired) electrons. The first-order valence-electron chi connectivity index (χ1n) is 16.5. The molecule has 11 atom stereocenters. The third-order valence-corrected chi connectivity index (χ3v) is 13.7. The average molecular weight is 560 g/mol. The fourth-order valence-corrected chi connectivity index (χ4v) is 11.7. The van der Waals surface area contributed by atoms with Gasteiger partial charge >= 0.3 is 6.09 Å². The van der Waals surface area contributed by atoms with E-state index in [1.165, 1.54) is 37.7 Å². The second-order valence-corrected chi connectivity index (χ2v) is 15.6. The second kappa shape index (κ2) is 9.69. The van der Waals surface area contributed by atoms with Crippen LogP contribution in [0.3, 0.4) is 0 Å². The Morgan fingerprint density at radius 3 is 2.68 bits per heavy atom. The van der Waals surface area contributed by atoms with Crippen molar-refractivity contribution < 1.29 is 19.4 Å². The molecule has 1 N–H and O–H groups in total. The summed E-state index contributed by atoms with van der Waals surface area (Å²) in [6.07, 6.45) is 11.1. The summed E-state index contributed by atoms with van der Waals surface area (Å²) in [5.41, 5.74) is 3.29. The van der Waals surface area contributed by atoms with Crippen LogP contribution in [0, 0.1) is 51.8 Å². The fraction of sp³-hybridized carbons (Fsp3) is 0.722. The number of ketones is 1. The highest BCUT2D eigenvalue weighted by Crippen LogP contribution is 2.85. The van der Waals surface area contributed by atoms with Crippen molar-refractivity contribution in [1.29, 1.82) is 0 Å². The van der Waals surface area contributed by atoms with E-state index in [1.54, 1.807) is 0 Å². The van der Waals surface area contributed by atoms with E-state index in [0.29, 0.717) is 36.0 Å². The van der Waals surface area contributed by atoms with Crippen molar-refractivity contribution in [2.75, 3.05) is 6.54 Å². The van der Waals surface area contributed by atoms with Gasteiger partial charge in [0.1, 0.15) is 6.61 Å². The first kappa shape index (κ1) is 27.7. The summed E-state index contributed by atoms with van der Waals surface area (Å²) in [5, 5.41) is 11.5. The molecular weight excluding hydrogens is 510 g/mol. The number of allylic oxidation sites excluding steroid dienone is 2. The Balaban J connectivity index is 1.12. The number of rotatable bonds is 4. The maximum absolute atomic E-state index is 13.5. The number of likely N-dealkylation sites (tertiary alicyclic amines) is 1. The van der Waals surface area contributed by atoms with Crippen molar-refractivity contribution in [2.24, 2.45) is 51.8 Å². The first-order chi connectivity index (χ1) is 19.6. The zero-order valence-corrected chi connectivity index (χ0v) is 25.5. The third kappa shape index (κ3) is 4.11. The fourth-order valence-electron chi connectivity index (χ4n) is 11.7. The highest BCUT2D eigenvalue weighted by atomic mass is 16.6. The minimum absolute atomic E-state index is 0.197. The van der Waals surface area contributed by atoms with Crippen molar-refractivity contribution >= 4 is 11.9 Å². The molecule has 5 aliphatic carbocycles. The monoisotopic (exact) mass is 559 g/mol. The molecule has 5 fully saturated rings. The number of fused-ring (bicyclic) bond motifs is 4. The SMILES string of the molecule is C[C@H]1C[C@@H](O)[C@H]([C@@H](C)[C@@H]2CC[C@H]3[C@@H]4CCC5=CC(=O)CC[C@]5(C)[C@H]4C[C@@]34C[C@@]24C)N(C(=O)OCc2ccccc2)C1. The van der Waals surface area contributed by atoms with Gasteiger partial charge < -0.3 is 14.7 Å². The molecule has 0 unspecified atom stereocenters. The number of carbonyl (C=O) groups is 2. The Bertz CT molecular complexity index is 1240. The number of amides is 1. The van der Waals surface area contributed by atoms with Crippen LogP contribution in [0.1, 0.15) is 91.0 Å². The van der Waals surface area contributed by atoms with Crippen LogP contribution in [0.15, 0.2) is 42.0 Å². The Labute approximate surface area is 246 Å². The largest absolute Gasteiger partial charge is 0.445 e. The van der Waals surface area contributed by atoms with Crippen molar-refractivity contribution in [2.45, 2.75) is 104 Å². The molecule has 4 saturated carbocycles. The van der Waals surface area contributed by atoms with Crippen LogP contribution >= 0.6 is 0 Å². The zero-order chi connectivity index (χ0) is 28.7. The highest BCUT2D eigenvalue weighted by Gasteiger charge is 2.78. The van der Waals surface area contributed by atoms with E-state index in [0.717, 1.165) is 36.7 Å². The van der Waals surface area contributed by atoms with Gasteiger partial charge in [-0.3, -0.25) is 4.79 Å². The van der Waals surface area contributed by atoms with E-state index in [-0.39, 0.29) is 41.4 Å². The van der Waals surface area contributed by atoms with Gasteiger partial charge in [0.25, 0.3) is 0 Å². The lowest BCUT2D eigenvalue weighted by molar-refractivity contribution is -0.116. The number of hydrogen-bond acceptors (Lipinski definition) is 4. The van der Waals surface area contributed by atoms with Gasteiger partial charge in [-0.25, -0.2) is 4.79 Å². The molecule has 0 aromatic heterocycles. The number of piperidine rings is 1. The molecule has 0 bridgehead atoms. The van der Waals surface area contributed by atoms with E-state index in [2.05, 4.69) is 27.7 Å². The number of carbonyl (C=O) groups excluding carboxylic acids is 2. The van der Waals surface area contributed by atoms with Crippen LogP contribution in [0.2, 0.25) is 0 Å². The Morgan fingerprint density at radius 2 is 1.90 bits per heavy atom. The van der Waals surface area contributed by atoms with Crippen LogP contribution in [-0.4, -0.2) is 40.6 Å². The van der Waals surface area contributed by atoms with Gasteiger partial charge in [-0.15, -0.1) is 0 Å². The Kier molecular flexibility index (Phi) is 6.54. The number of aliphatic hydroxyl groups excluding tert-OH is 1. The van der Waals surface area contributed by atoms with Gasteiger partial charge in [-0.2, -0.15) is 0 Å². The first-order valence-corrected chi connectivity index (χ1v) is 16.5. The van der Waals surface area contributed by atoms with Gasteiger partial charge in [0.2, 0.25) is 0 Å². The third-order valence-electron chi connectivity index (χ3n) is 13.7. The number of nitrogens with zero attached hydrogens (tertiary/aromatic N) is 1. The van der Waals surface area contributed by atoms with Crippen LogP contribution in [-0.2, 0) is 16.1 Å². The van der Waals surface area contributed by atoms with E-state index < -0.39 is 6.10 Å². The van der Waals surface area contributed by atoms with Gasteiger partial charge in [0, 0.05) is 13.0 Å². The van der Waals surface area contributed by atoms with Gasteiger partial charge in [0.05, 0.1) is 12.1 Å². The van der Waals surface area contributed by atoms with E-state index >= 15 is 0 Å². The van der Waals surface area contributed by atoms with Crippen molar-refractivity contribution in [3.05, 3.63) is 47.5 Å². The summed E-state index contributed by atoms with van der Waals surface area (Å²) in [5.74, 6) is 3.57. The van der Waals surface area contributed by atoms with E-state index in [4.69, 9.17) is 4.74 Å². The van der Waals surface area contributed by atoms with E-state index in [9.17, 15) is 14.7 Å². The molecule has 1 aromatic rings. The molecule has 222 valence electrons. The molecule has 7 rings (SSSR count). The molecule has 1 amide bonds. The predicted octanol–water partition coefficient (Wildman–Crippen LogP) is 7.18. The van der Waals surface area contributed by atoms with Gasteiger partial charge in [-0.05, 0) is 115 Å². The molecule has 1 aliphatic heterocycles. The van der Waals surface area contributed by atoms with Crippen LogP contribution < -0.4 is 0 Å². The smallest absolute Gasteiger partial charge is 0.410 e. The van der Waals surface area contributed by atoms with Crippen molar-refractivity contribution in [1.82, 2.24) is 4.90 Å². The molecule has 1 saturated heterocycles. The summed E-state index contributed by atoms with van der Waals surface area (Å²) in [6.45, 7) is 10.4. The van der Waals surface area contributed by atoms with Crippen molar-refractivity contribution in [3.63, 3.8) is 0 Å². The molecule has 1 aromatic carbocycles. The van der Waals surface area contributed by atoms with Crippen LogP contribution in [0.5, 0.6) is 0 Å². The van der Waals surface area contributed by atoms with Crippen LogP contribution in [0.25, 0.3) is 0 Å². The minimum Gasteiger partial charge on any atom is -0.445 e. The number of benzene rings is 1.